The average Bonchev–Trinajstić information content (AvgIpc) is 3.41. The maximum Gasteiger partial charge on any atom is 0.234 e. The molecule has 8 heteroatoms. The number of fused-ring (bicyclic) bond motifs is 1. The molecule has 0 saturated heterocycles. The second kappa shape index (κ2) is 7.00. The standard InChI is InChI=1S/C23H31N7O/c1-22(2)14-30(17-7-5-6-8-17)20-19(29(4)21(22)31)13-24-23(3,27-20)26-16-9-10-18-15(11-16)12-25-28-18/h9-13,17,26-27H,5-8,14H2,1-4H3,(H,25,28). The number of H-pyrrole nitrogens is 1. The van der Waals surface area contributed by atoms with E-state index >= 15 is 0 Å². The van der Waals surface area contributed by atoms with Gasteiger partial charge in [0.15, 0.2) is 0 Å². The van der Waals surface area contributed by atoms with Crippen LogP contribution < -0.4 is 10.6 Å². The molecule has 1 amide bonds. The van der Waals surface area contributed by atoms with Gasteiger partial charge in [0.1, 0.15) is 11.5 Å². The zero-order valence-corrected chi connectivity index (χ0v) is 18.7. The van der Waals surface area contributed by atoms with E-state index in [1.165, 1.54) is 12.8 Å². The van der Waals surface area contributed by atoms with Crippen molar-refractivity contribution in [3.05, 3.63) is 35.9 Å². The van der Waals surface area contributed by atoms with Gasteiger partial charge in [-0.1, -0.05) is 12.8 Å². The first-order valence-corrected chi connectivity index (χ1v) is 11.1. The summed E-state index contributed by atoms with van der Waals surface area (Å²) in [4.78, 5) is 22.2. The molecule has 2 aliphatic heterocycles. The molecule has 0 spiro atoms. The number of carbonyl (C=O) groups excluding carboxylic acids is 1. The predicted octanol–water partition coefficient (Wildman–Crippen LogP) is 3.23. The molecule has 1 fully saturated rings. The van der Waals surface area contributed by atoms with Crippen LogP contribution in [0.1, 0.15) is 46.5 Å². The van der Waals surface area contributed by atoms with Crippen LogP contribution in [0.25, 0.3) is 10.9 Å². The fourth-order valence-corrected chi connectivity index (χ4v) is 5.07. The van der Waals surface area contributed by atoms with Gasteiger partial charge in [-0.05, 0) is 51.8 Å². The highest BCUT2D eigenvalue weighted by Gasteiger charge is 2.44. The minimum absolute atomic E-state index is 0.121. The lowest BCUT2D eigenvalue weighted by Gasteiger charge is -2.42. The first-order chi connectivity index (χ1) is 14.8. The number of amides is 1. The summed E-state index contributed by atoms with van der Waals surface area (Å²) in [6.45, 7) is 6.80. The quantitative estimate of drug-likeness (QED) is 0.708. The number of nitrogens with zero attached hydrogens (tertiary/aromatic N) is 4. The molecule has 0 bridgehead atoms. The van der Waals surface area contributed by atoms with Crippen molar-refractivity contribution in [1.29, 1.82) is 0 Å². The molecule has 3 heterocycles. The van der Waals surface area contributed by atoms with E-state index in [2.05, 4.69) is 31.8 Å². The summed E-state index contributed by atoms with van der Waals surface area (Å²) in [6.07, 6.45) is 8.45. The van der Waals surface area contributed by atoms with Crippen molar-refractivity contribution >= 4 is 28.7 Å². The topological polar surface area (TPSA) is 88.7 Å². The van der Waals surface area contributed by atoms with E-state index in [0.717, 1.165) is 40.9 Å². The number of carbonyl (C=O) groups is 1. The van der Waals surface area contributed by atoms with E-state index in [1.54, 1.807) is 4.90 Å². The van der Waals surface area contributed by atoms with E-state index in [9.17, 15) is 4.79 Å². The lowest BCUT2D eigenvalue weighted by Crippen LogP contribution is -2.55. The first kappa shape index (κ1) is 19.9. The number of aromatic nitrogens is 2. The van der Waals surface area contributed by atoms with Crippen LogP contribution in [-0.4, -0.2) is 57.5 Å². The van der Waals surface area contributed by atoms with Crippen molar-refractivity contribution in [2.24, 2.45) is 10.4 Å². The second-order valence-corrected chi connectivity index (χ2v) is 9.80. The molecule has 5 rings (SSSR count). The van der Waals surface area contributed by atoms with Crippen LogP contribution >= 0.6 is 0 Å². The Bertz CT molecular complexity index is 1080. The predicted molar refractivity (Wildman–Crippen MR) is 122 cm³/mol. The third-order valence-electron chi connectivity index (χ3n) is 6.74. The summed E-state index contributed by atoms with van der Waals surface area (Å²) in [6, 6.07) is 6.53. The van der Waals surface area contributed by atoms with Gasteiger partial charge >= 0.3 is 0 Å². The van der Waals surface area contributed by atoms with Gasteiger partial charge < -0.3 is 20.4 Å². The van der Waals surface area contributed by atoms with Gasteiger partial charge in [0.05, 0.1) is 23.3 Å². The number of rotatable bonds is 3. The minimum atomic E-state index is -0.731. The van der Waals surface area contributed by atoms with Crippen molar-refractivity contribution in [3.63, 3.8) is 0 Å². The molecule has 8 nitrogen and oxygen atoms in total. The third kappa shape index (κ3) is 3.43. The molecule has 1 aromatic heterocycles. The maximum atomic E-state index is 13.2. The highest BCUT2D eigenvalue weighted by atomic mass is 16.2. The summed E-state index contributed by atoms with van der Waals surface area (Å²) in [7, 11) is 1.86. The van der Waals surface area contributed by atoms with E-state index in [0.29, 0.717) is 12.6 Å². The normalized spacial score (nSPS) is 26.3. The fourth-order valence-electron chi connectivity index (χ4n) is 5.07. The van der Waals surface area contributed by atoms with Crippen LogP contribution in [0.15, 0.2) is 40.9 Å². The molecule has 1 unspecified atom stereocenters. The second-order valence-electron chi connectivity index (χ2n) is 9.80. The maximum absolute atomic E-state index is 13.2. The molecule has 1 aliphatic carbocycles. The summed E-state index contributed by atoms with van der Waals surface area (Å²) in [5.41, 5.74) is 2.32. The Kier molecular flexibility index (Phi) is 4.50. The average molecular weight is 422 g/mol. The summed E-state index contributed by atoms with van der Waals surface area (Å²) in [5.74, 6) is 0.379. The lowest BCUT2D eigenvalue weighted by molar-refractivity contribution is -0.136. The van der Waals surface area contributed by atoms with E-state index in [1.807, 2.05) is 52.4 Å². The van der Waals surface area contributed by atoms with Gasteiger partial charge in [0, 0.05) is 30.7 Å². The smallest absolute Gasteiger partial charge is 0.234 e. The van der Waals surface area contributed by atoms with Crippen LogP contribution in [0.3, 0.4) is 0 Å². The lowest BCUT2D eigenvalue weighted by atomic mass is 9.90. The molecule has 3 aliphatic rings. The number of hydrogen-bond acceptors (Lipinski definition) is 6. The molecule has 2 aromatic rings. The van der Waals surface area contributed by atoms with Gasteiger partial charge in [-0.3, -0.25) is 9.89 Å². The summed E-state index contributed by atoms with van der Waals surface area (Å²) in [5, 5.41) is 15.3. The molecular weight excluding hydrogens is 390 g/mol. The Hall–Kier alpha value is -3.03. The Morgan fingerprint density at radius 2 is 1.97 bits per heavy atom. The van der Waals surface area contributed by atoms with Crippen LogP contribution in [0, 0.1) is 5.41 Å². The monoisotopic (exact) mass is 421 g/mol. The van der Waals surface area contributed by atoms with E-state index in [-0.39, 0.29) is 5.91 Å². The Labute approximate surface area is 182 Å². The number of benzene rings is 1. The molecule has 0 radical (unpaired) electrons. The number of anilines is 1. The van der Waals surface area contributed by atoms with Crippen LogP contribution in [-0.2, 0) is 4.79 Å². The molecule has 1 saturated carbocycles. The summed E-state index contributed by atoms with van der Waals surface area (Å²) >= 11 is 0. The molecule has 164 valence electrons. The van der Waals surface area contributed by atoms with Gasteiger partial charge in [0.25, 0.3) is 0 Å². The minimum Gasteiger partial charge on any atom is -0.353 e. The van der Waals surface area contributed by atoms with Crippen molar-refractivity contribution in [3.8, 4) is 0 Å². The van der Waals surface area contributed by atoms with Crippen molar-refractivity contribution in [2.45, 2.75) is 58.3 Å². The van der Waals surface area contributed by atoms with Crippen LogP contribution in [0.4, 0.5) is 5.69 Å². The first-order valence-electron chi connectivity index (χ1n) is 11.1. The van der Waals surface area contributed by atoms with Gasteiger partial charge in [-0.25, -0.2) is 4.99 Å². The Morgan fingerprint density at radius 3 is 2.74 bits per heavy atom. The largest absolute Gasteiger partial charge is 0.353 e. The number of allylic oxidation sites excluding steroid dienone is 1. The molecule has 3 N–H and O–H groups in total. The molecular formula is C23H31N7O. The molecule has 31 heavy (non-hydrogen) atoms. The van der Waals surface area contributed by atoms with Crippen molar-refractivity contribution in [2.75, 3.05) is 18.9 Å². The van der Waals surface area contributed by atoms with Crippen molar-refractivity contribution in [1.82, 2.24) is 25.3 Å². The fraction of sp³-hybridized carbons (Fsp3) is 0.522. The van der Waals surface area contributed by atoms with E-state index < -0.39 is 11.2 Å². The Morgan fingerprint density at radius 1 is 1.19 bits per heavy atom. The highest BCUT2D eigenvalue weighted by Crippen LogP contribution is 2.36. The number of aliphatic imine (C=N–C) groups is 1. The zero-order valence-electron chi connectivity index (χ0n) is 18.7. The van der Waals surface area contributed by atoms with Gasteiger partial charge in [0.2, 0.25) is 11.7 Å². The van der Waals surface area contributed by atoms with Gasteiger partial charge in [-0.2, -0.15) is 5.10 Å². The number of aromatic amines is 1. The molecule has 1 atom stereocenters. The van der Waals surface area contributed by atoms with E-state index in [4.69, 9.17) is 4.99 Å². The number of hydrogen-bond donors (Lipinski definition) is 3. The molecule has 1 aromatic carbocycles. The van der Waals surface area contributed by atoms with Crippen molar-refractivity contribution < 1.29 is 4.79 Å². The highest BCUT2D eigenvalue weighted by molar-refractivity contribution is 5.92. The number of nitrogens with one attached hydrogen (secondary N) is 3. The SMILES string of the molecule is CN1C(=O)C(C)(C)CN(C2CCCC2)C2=C1C=NC(C)(Nc1ccc3[nH]ncc3c1)N2. The van der Waals surface area contributed by atoms with Crippen LogP contribution in [0.5, 0.6) is 0 Å². The summed E-state index contributed by atoms with van der Waals surface area (Å²) < 4.78 is 0. The zero-order chi connectivity index (χ0) is 21.8. The van der Waals surface area contributed by atoms with Gasteiger partial charge in [-0.15, -0.1) is 0 Å². The van der Waals surface area contributed by atoms with Crippen LogP contribution in [0.2, 0.25) is 0 Å². The Balaban J connectivity index is 1.49. The third-order valence-corrected chi connectivity index (χ3v) is 6.74.